The third-order valence-corrected chi connectivity index (χ3v) is 13.9. The summed E-state index contributed by atoms with van der Waals surface area (Å²) in [4.78, 5) is 27.7. The maximum Gasteiger partial charge on any atom is 0.338 e. The van der Waals surface area contributed by atoms with Gasteiger partial charge in [-0.1, -0.05) is 176 Å². The molecule has 0 unspecified atom stereocenters. The summed E-state index contributed by atoms with van der Waals surface area (Å²) in [5, 5.41) is 0. The van der Waals surface area contributed by atoms with Crippen molar-refractivity contribution in [1.29, 1.82) is 0 Å². The molecule has 0 spiro atoms. The van der Waals surface area contributed by atoms with E-state index in [2.05, 4.69) is 38.2 Å². The van der Waals surface area contributed by atoms with Crippen LogP contribution in [0.1, 0.15) is 186 Å². The molecule has 6 nitrogen and oxygen atoms in total. The first-order chi connectivity index (χ1) is 32.5. The van der Waals surface area contributed by atoms with Crippen LogP contribution >= 0.6 is 0 Å². The van der Waals surface area contributed by atoms with Gasteiger partial charge in [-0.3, -0.25) is 0 Å². The Morgan fingerprint density at radius 1 is 0.470 bits per heavy atom. The summed E-state index contributed by atoms with van der Waals surface area (Å²) in [6, 6.07) is 33.0. The van der Waals surface area contributed by atoms with Gasteiger partial charge in [0.25, 0.3) is 0 Å². The fraction of sp³-hybridized carbons (Fsp3) is 0.500. The van der Waals surface area contributed by atoms with Crippen LogP contribution in [0.2, 0.25) is 0 Å². The van der Waals surface area contributed by atoms with Crippen molar-refractivity contribution in [2.75, 3.05) is 13.2 Å². The molecule has 2 saturated carbocycles. The van der Waals surface area contributed by atoms with Gasteiger partial charge < -0.3 is 18.9 Å². The molecule has 4 aromatic carbocycles. The Kier molecular flexibility index (Phi) is 22.0. The topological polar surface area (TPSA) is 71.1 Å². The number of ether oxygens (including phenoxy) is 4. The van der Waals surface area contributed by atoms with E-state index in [0.29, 0.717) is 58.8 Å². The van der Waals surface area contributed by atoms with Crippen molar-refractivity contribution in [1.82, 2.24) is 0 Å². The minimum Gasteiger partial charge on any atom is -0.490 e. The third-order valence-electron chi connectivity index (χ3n) is 13.9. The number of benzene rings is 4. The van der Waals surface area contributed by atoms with E-state index in [1.54, 1.807) is 48.5 Å². The highest BCUT2D eigenvalue weighted by Crippen LogP contribution is 2.38. The molecular weight excluding hydrogens is 817 g/mol. The number of unbranched alkanes of at least 4 members (excludes halogenated alkanes) is 8. The first-order valence-corrected chi connectivity index (χ1v) is 25.8. The van der Waals surface area contributed by atoms with E-state index in [1.807, 2.05) is 60.7 Å². The molecule has 6 heteroatoms. The number of carbonyl (C=O) groups is 2. The van der Waals surface area contributed by atoms with Crippen molar-refractivity contribution >= 4 is 11.9 Å². The van der Waals surface area contributed by atoms with E-state index in [4.69, 9.17) is 18.9 Å². The molecule has 2 fully saturated rings. The zero-order valence-electron chi connectivity index (χ0n) is 40.2. The summed E-state index contributed by atoms with van der Waals surface area (Å²) < 4.78 is 24.6. The normalized spacial score (nSPS) is 19.6. The van der Waals surface area contributed by atoms with Gasteiger partial charge in [0.05, 0.1) is 11.1 Å². The molecular formula is C60H78O6. The van der Waals surface area contributed by atoms with Crippen molar-refractivity contribution < 1.29 is 28.5 Å². The maximum atomic E-state index is 13.9. The molecule has 4 aromatic rings. The zero-order chi connectivity index (χ0) is 46.0. The van der Waals surface area contributed by atoms with E-state index in [-0.39, 0.29) is 0 Å². The lowest BCUT2D eigenvalue weighted by Gasteiger charge is -2.28. The van der Waals surface area contributed by atoms with Crippen LogP contribution < -0.4 is 9.47 Å². The molecule has 0 aromatic heterocycles. The summed E-state index contributed by atoms with van der Waals surface area (Å²) >= 11 is 0. The summed E-state index contributed by atoms with van der Waals surface area (Å²) in [7, 11) is 0. The van der Waals surface area contributed by atoms with Crippen LogP contribution in [0.4, 0.5) is 0 Å². The fourth-order valence-corrected chi connectivity index (χ4v) is 9.83. The quantitative estimate of drug-likeness (QED) is 0.0337. The van der Waals surface area contributed by atoms with Gasteiger partial charge in [-0.05, 0) is 135 Å². The minimum absolute atomic E-state index is 0.375. The SMILES string of the molecule is CCCCCCC[C@H]1CC[C@H](C=CCOc2ccc(C(=O)O[C@H](c3ccccc3)[C@H](OC(=O)c3ccc(OCC=C[C@H]4CC[C@H](CCCCCCC)CC4)cc3)c3ccccc3)cc2)CC1. The van der Waals surface area contributed by atoms with Crippen LogP contribution in [-0.4, -0.2) is 25.2 Å². The minimum atomic E-state index is -0.924. The van der Waals surface area contributed by atoms with E-state index in [0.717, 1.165) is 11.8 Å². The Morgan fingerprint density at radius 3 is 1.20 bits per heavy atom. The van der Waals surface area contributed by atoms with E-state index >= 15 is 0 Å². The lowest BCUT2D eigenvalue weighted by Crippen LogP contribution is -2.23. The van der Waals surface area contributed by atoms with Crippen molar-refractivity contribution in [2.24, 2.45) is 23.7 Å². The number of rotatable bonds is 27. The zero-order valence-corrected chi connectivity index (χ0v) is 40.2. The van der Waals surface area contributed by atoms with Crippen LogP contribution in [0, 0.1) is 23.7 Å². The Morgan fingerprint density at radius 2 is 0.833 bits per heavy atom. The second-order valence-corrected chi connectivity index (χ2v) is 19.0. The average molecular weight is 895 g/mol. The van der Waals surface area contributed by atoms with Crippen LogP contribution in [0.25, 0.3) is 0 Å². The summed E-state index contributed by atoms with van der Waals surface area (Å²) in [6.45, 7) is 5.52. The molecule has 0 saturated heterocycles. The Bertz CT molecular complexity index is 1840. The molecule has 66 heavy (non-hydrogen) atoms. The molecule has 0 aliphatic heterocycles. The van der Waals surface area contributed by atoms with E-state index in [9.17, 15) is 9.59 Å². The standard InChI is InChI=1S/C60H78O6/c1-3-5-7-9-13-21-47-29-33-49(34-30-47)23-19-45-63-55-41-37-53(38-42-55)59(61)65-57(51-25-15-11-16-26-51)58(52-27-17-12-18-28-52)66-60(62)54-39-43-56(44-40-54)64-46-20-24-50-35-31-48(32-36-50)22-14-10-8-6-4-2/h11-12,15-20,23-28,37-44,47-50,57-58H,3-10,13-14,21-22,29-36,45-46H2,1-2H3/t47-,48-,49-,50-,57-,58-/m1/s1. The molecule has 0 amide bonds. The van der Waals surface area contributed by atoms with Gasteiger partial charge in [-0.2, -0.15) is 0 Å². The molecule has 6 rings (SSSR count). The molecule has 0 bridgehead atoms. The maximum absolute atomic E-state index is 13.9. The lowest BCUT2D eigenvalue weighted by atomic mass is 9.79. The van der Waals surface area contributed by atoms with Gasteiger partial charge in [0, 0.05) is 0 Å². The Hall–Kier alpha value is -5.10. The lowest BCUT2D eigenvalue weighted by molar-refractivity contribution is -0.0388. The molecule has 0 heterocycles. The van der Waals surface area contributed by atoms with Crippen LogP contribution in [0.3, 0.4) is 0 Å². The molecule has 0 N–H and O–H groups in total. The van der Waals surface area contributed by atoms with Crippen molar-refractivity contribution in [3.63, 3.8) is 0 Å². The Balaban J connectivity index is 0.992. The average Bonchev–Trinajstić information content (AvgIpc) is 3.36. The van der Waals surface area contributed by atoms with Gasteiger partial charge in [0.15, 0.2) is 12.2 Å². The highest BCUT2D eigenvalue weighted by atomic mass is 16.6. The molecule has 0 radical (unpaired) electrons. The second-order valence-electron chi connectivity index (χ2n) is 19.0. The van der Waals surface area contributed by atoms with E-state index in [1.165, 1.54) is 128 Å². The van der Waals surface area contributed by atoms with Gasteiger partial charge in [0.2, 0.25) is 0 Å². The smallest absolute Gasteiger partial charge is 0.338 e. The van der Waals surface area contributed by atoms with Crippen molar-refractivity contribution in [2.45, 2.75) is 154 Å². The van der Waals surface area contributed by atoms with Gasteiger partial charge in [-0.25, -0.2) is 9.59 Å². The predicted molar refractivity (Wildman–Crippen MR) is 269 cm³/mol. The molecule has 2 atom stereocenters. The van der Waals surface area contributed by atoms with Crippen LogP contribution in [0.15, 0.2) is 133 Å². The second kappa shape index (κ2) is 28.8. The molecule has 2 aliphatic rings. The first kappa shape index (κ1) is 50.3. The van der Waals surface area contributed by atoms with Gasteiger partial charge in [-0.15, -0.1) is 0 Å². The predicted octanol–water partition coefficient (Wildman–Crippen LogP) is 16.4. The van der Waals surface area contributed by atoms with Crippen molar-refractivity contribution in [3.05, 3.63) is 156 Å². The first-order valence-electron chi connectivity index (χ1n) is 25.8. The number of esters is 2. The molecule has 354 valence electrons. The monoisotopic (exact) mass is 895 g/mol. The fourth-order valence-electron chi connectivity index (χ4n) is 9.83. The summed E-state index contributed by atoms with van der Waals surface area (Å²) in [5.74, 6) is 3.37. The van der Waals surface area contributed by atoms with Crippen LogP contribution in [0.5, 0.6) is 11.5 Å². The number of hydrogen-bond acceptors (Lipinski definition) is 6. The number of carbonyl (C=O) groups excluding carboxylic acids is 2. The number of hydrogen-bond donors (Lipinski definition) is 0. The van der Waals surface area contributed by atoms with Gasteiger partial charge in [0.1, 0.15) is 24.7 Å². The largest absolute Gasteiger partial charge is 0.490 e. The van der Waals surface area contributed by atoms with E-state index < -0.39 is 24.1 Å². The highest BCUT2D eigenvalue weighted by Gasteiger charge is 2.33. The molecule has 2 aliphatic carbocycles. The van der Waals surface area contributed by atoms with Crippen molar-refractivity contribution in [3.8, 4) is 11.5 Å². The summed E-state index contributed by atoms with van der Waals surface area (Å²) in [5.41, 5.74) is 2.16. The summed E-state index contributed by atoms with van der Waals surface area (Å²) in [6.07, 6.45) is 33.9. The highest BCUT2D eigenvalue weighted by molar-refractivity contribution is 5.90. The number of allylic oxidation sites excluding steroid dienone is 2. The Labute approximate surface area is 397 Å². The van der Waals surface area contributed by atoms with Crippen LogP contribution in [-0.2, 0) is 9.47 Å². The van der Waals surface area contributed by atoms with Gasteiger partial charge >= 0.3 is 11.9 Å². The third kappa shape index (κ3) is 17.3.